The fraction of sp³-hybridized carbons (Fsp3) is 0.333. The summed E-state index contributed by atoms with van der Waals surface area (Å²) in [6.45, 7) is 5.03. The number of hydrogen-bond donors (Lipinski definition) is 2. The second-order valence-corrected chi connectivity index (χ2v) is 5.32. The average molecular weight is 309 g/mol. The minimum Gasteiger partial charge on any atom is -0.365 e. The number of rotatable bonds is 4. The van der Waals surface area contributed by atoms with E-state index in [4.69, 9.17) is 0 Å². The Balaban J connectivity index is 2.33. The molecule has 22 heavy (non-hydrogen) atoms. The monoisotopic (exact) mass is 309 g/mol. The summed E-state index contributed by atoms with van der Waals surface area (Å²) in [5.41, 5.74) is -0.918. The highest BCUT2D eigenvalue weighted by Crippen LogP contribution is 2.20. The van der Waals surface area contributed by atoms with Gasteiger partial charge in [-0.25, -0.2) is 13.6 Å². The van der Waals surface area contributed by atoms with Crippen molar-refractivity contribution >= 4 is 5.82 Å². The van der Waals surface area contributed by atoms with Crippen LogP contribution < -0.4 is 16.6 Å². The standard InChI is InChI=1S/C15H17F2N3O2/c1-8(2)20-14(21)7-13(19-15(20)22)18-9(3)11-6-10(16)4-5-12(11)17/h4-9,18H,1-3H3,(H,19,22)/t9-/m0/s1. The summed E-state index contributed by atoms with van der Waals surface area (Å²) in [5.74, 6) is -0.976. The Morgan fingerprint density at radius 2 is 1.82 bits per heavy atom. The zero-order valence-corrected chi connectivity index (χ0v) is 12.5. The van der Waals surface area contributed by atoms with E-state index in [0.717, 1.165) is 22.8 Å². The predicted molar refractivity (Wildman–Crippen MR) is 80.1 cm³/mol. The summed E-state index contributed by atoms with van der Waals surface area (Å²) >= 11 is 0. The minimum absolute atomic E-state index is 0.105. The molecule has 0 fully saturated rings. The molecule has 0 saturated carbocycles. The number of aromatic nitrogens is 2. The smallest absolute Gasteiger partial charge is 0.330 e. The summed E-state index contributed by atoms with van der Waals surface area (Å²) < 4.78 is 28.0. The zero-order chi connectivity index (χ0) is 16.4. The normalized spacial score (nSPS) is 12.5. The van der Waals surface area contributed by atoms with Gasteiger partial charge in [-0.3, -0.25) is 14.3 Å². The lowest BCUT2D eigenvalue weighted by atomic mass is 10.1. The fourth-order valence-corrected chi connectivity index (χ4v) is 2.23. The van der Waals surface area contributed by atoms with Crippen molar-refractivity contribution in [3.05, 3.63) is 62.3 Å². The Hall–Kier alpha value is -2.44. The van der Waals surface area contributed by atoms with E-state index < -0.39 is 28.9 Å². The molecular weight excluding hydrogens is 292 g/mol. The van der Waals surface area contributed by atoms with Gasteiger partial charge < -0.3 is 5.32 Å². The van der Waals surface area contributed by atoms with Crippen LogP contribution in [-0.4, -0.2) is 9.55 Å². The molecule has 1 aromatic carbocycles. The second kappa shape index (κ2) is 6.13. The van der Waals surface area contributed by atoms with E-state index in [1.807, 2.05) is 0 Å². The highest BCUT2D eigenvalue weighted by atomic mass is 19.1. The van der Waals surface area contributed by atoms with Crippen LogP contribution in [0.2, 0.25) is 0 Å². The highest BCUT2D eigenvalue weighted by Gasteiger charge is 2.14. The molecule has 118 valence electrons. The van der Waals surface area contributed by atoms with Crippen molar-refractivity contribution in [2.24, 2.45) is 0 Å². The molecule has 0 aliphatic heterocycles. The Labute approximate surface area is 125 Å². The van der Waals surface area contributed by atoms with Crippen LogP contribution in [0.1, 0.15) is 38.4 Å². The Kier molecular flexibility index (Phi) is 4.44. The molecule has 0 amide bonds. The van der Waals surface area contributed by atoms with Gasteiger partial charge in [0.1, 0.15) is 17.5 Å². The first-order valence-electron chi connectivity index (χ1n) is 6.87. The number of hydrogen-bond acceptors (Lipinski definition) is 3. The first-order valence-corrected chi connectivity index (χ1v) is 6.87. The van der Waals surface area contributed by atoms with Gasteiger partial charge >= 0.3 is 5.69 Å². The molecule has 0 unspecified atom stereocenters. The molecule has 1 aromatic heterocycles. The molecule has 1 heterocycles. The lowest BCUT2D eigenvalue weighted by Gasteiger charge is -2.17. The van der Waals surface area contributed by atoms with E-state index in [0.29, 0.717) is 0 Å². The van der Waals surface area contributed by atoms with Gasteiger partial charge in [-0.2, -0.15) is 0 Å². The molecule has 2 aromatic rings. The van der Waals surface area contributed by atoms with Crippen LogP contribution in [0.5, 0.6) is 0 Å². The van der Waals surface area contributed by atoms with Crippen LogP contribution in [0.25, 0.3) is 0 Å². The van der Waals surface area contributed by atoms with Crippen LogP contribution in [-0.2, 0) is 0 Å². The van der Waals surface area contributed by atoms with E-state index in [1.54, 1.807) is 20.8 Å². The van der Waals surface area contributed by atoms with Gasteiger partial charge in [-0.05, 0) is 39.0 Å². The summed E-state index contributed by atoms with van der Waals surface area (Å²) in [5, 5.41) is 2.80. The molecule has 0 aliphatic rings. The molecule has 7 heteroatoms. The van der Waals surface area contributed by atoms with E-state index in [2.05, 4.69) is 10.3 Å². The first kappa shape index (κ1) is 15.9. The molecule has 0 radical (unpaired) electrons. The van der Waals surface area contributed by atoms with Gasteiger partial charge in [0.15, 0.2) is 0 Å². The number of nitrogens with zero attached hydrogens (tertiary/aromatic N) is 1. The SMILES string of the molecule is CC(C)n1c(=O)cc(N[C@@H](C)c2cc(F)ccc2F)[nH]c1=O. The van der Waals surface area contributed by atoms with Gasteiger partial charge in [-0.15, -0.1) is 0 Å². The summed E-state index contributed by atoms with van der Waals surface area (Å²) in [4.78, 5) is 26.3. The number of halogens is 2. The number of nitrogens with one attached hydrogen (secondary N) is 2. The Bertz CT molecular complexity index is 765. The van der Waals surface area contributed by atoms with Gasteiger partial charge in [0.25, 0.3) is 5.56 Å². The van der Waals surface area contributed by atoms with Gasteiger partial charge in [0, 0.05) is 17.7 Å². The third-order valence-electron chi connectivity index (χ3n) is 3.28. The van der Waals surface area contributed by atoms with E-state index in [-0.39, 0.29) is 17.4 Å². The molecule has 0 spiro atoms. The maximum Gasteiger partial charge on any atom is 0.330 e. The first-order chi connectivity index (χ1) is 10.3. The van der Waals surface area contributed by atoms with E-state index in [9.17, 15) is 18.4 Å². The van der Waals surface area contributed by atoms with Crippen molar-refractivity contribution in [1.29, 1.82) is 0 Å². The molecule has 2 N–H and O–H groups in total. The second-order valence-electron chi connectivity index (χ2n) is 5.32. The number of H-pyrrole nitrogens is 1. The molecule has 2 rings (SSSR count). The topological polar surface area (TPSA) is 66.9 Å². The number of benzene rings is 1. The lowest BCUT2D eigenvalue weighted by Crippen LogP contribution is -2.36. The van der Waals surface area contributed by atoms with Crippen molar-refractivity contribution in [3.8, 4) is 0 Å². The molecule has 0 bridgehead atoms. The fourth-order valence-electron chi connectivity index (χ4n) is 2.23. The molecule has 5 nitrogen and oxygen atoms in total. The maximum absolute atomic E-state index is 13.7. The van der Waals surface area contributed by atoms with Crippen molar-refractivity contribution in [2.45, 2.75) is 32.9 Å². The molecule has 1 atom stereocenters. The zero-order valence-electron chi connectivity index (χ0n) is 12.5. The van der Waals surface area contributed by atoms with E-state index in [1.165, 1.54) is 6.07 Å². The van der Waals surface area contributed by atoms with Gasteiger partial charge in [0.2, 0.25) is 0 Å². The van der Waals surface area contributed by atoms with Gasteiger partial charge in [0.05, 0.1) is 6.04 Å². The lowest BCUT2D eigenvalue weighted by molar-refractivity contribution is 0.545. The molecule has 0 saturated heterocycles. The quantitative estimate of drug-likeness (QED) is 0.912. The Morgan fingerprint density at radius 1 is 1.14 bits per heavy atom. The summed E-state index contributed by atoms with van der Waals surface area (Å²) in [6, 6.07) is 3.44. The Morgan fingerprint density at radius 3 is 2.41 bits per heavy atom. The van der Waals surface area contributed by atoms with Crippen molar-refractivity contribution in [2.75, 3.05) is 5.32 Å². The number of aromatic amines is 1. The summed E-state index contributed by atoms with van der Waals surface area (Å²) in [7, 11) is 0. The van der Waals surface area contributed by atoms with Crippen LogP contribution >= 0.6 is 0 Å². The molecule has 0 aliphatic carbocycles. The van der Waals surface area contributed by atoms with Gasteiger partial charge in [-0.1, -0.05) is 0 Å². The van der Waals surface area contributed by atoms with Crippen LogP contribution in [0, 0.1) is 11.6 Å². The number of anilines is 1. The van der Waals surface area contributed by atoms with Crippen molar-refractivity contribution in [3.63, 3.8) is 0 Å². The van der Waals surface area contributed by atoms with Crippen molar-refractivity contribution < 1.29 is 8.78 Å². The third-order valence-corrected chi connectivity index (χ3v) is 3.28. The largest absolute Gasteiger partial charge is 0.365 e. The minimum atomic E-state index is -0.624. The maximum atomic E-state index is 13.7. The van der Waals surface area contributed by atoms with Crippen molar-refractivity contribution in [1.82, 2.24) is 9.55 Å². The summed E-state index contributed by atoms with van der Waals surface area (Å²) in [6.07, 6.45) is 0. The van der Waals surface area contributed by atoms with E-state index >= 15 is 0 Å². The average Bonchev–Trinajstić information content (AvgIpc) is 2.40. The molecular formula is C15H17F2N3O2. The highest BCUT2D eigenvalue weighted by molar-refractivity contribution is 5.37. The van der Waals surface area contributed by atoms with Crippen LogP contribution in [0.4, 0.5) is 14.6 Å². The van der Waals surface area contributed by atoms with Crippen LogP contribution in [0.15, 0.2) is 33.9 Å². The predicted octanol–water partition coefficient (Wildman–Crippen LogP) is 2.57. The third kappa shape index (κ3) is 3.24. The van der Waals surface area contributed by atoms with Crippen LogP contribution in [0.3, 0.4) is 0 Å².